The van der Waals surface area contributed by atoms with Crippen LogP contribution >= 0.6 is 0 Å². The average molecular weight is 250 g/mol. The molecule has 1 aliphatic heterocycles. The highest BCUT2D eigenvalue weighted by atomic mass is 16.4. The molecule has 1 fully saturated rings. The van der Waals surface area contributed by atoms with Crippen LogP contribution < -0.4 is 5.32 Å². The number of rotatable bonds is 4. The van der Waals surface area contributed by atoms with Crippen LogP contribution in [0.1, 0.15) is 23.2 Å². The average Bonchev–Trinajstić information content (AvgIpc) is 2.37. The van der Waals surface area contributed by atoms with Gasteiger partial charge in [0.15, 0.2) is 5.82 Å². The predicted molar refractivity (Wildman–Crippen MR) is 67.7 cm³/mol. The summed E-state index contributed by atoms with van der Waals surface area (Å²) >= 11 is 0. The lowest BCUT2D eigenvalue weighted by Crippen LogP contribution is -2.35. The van der Waals surface area contributed by atoms with Crippen molar-refractivity contribution in [1.29, 1.82) is 0 Å². The van der Waals surface area contributed by atoms with Crippen LogP contribution in [0.4, 0.5) is 5.82 Å². The van der Waals surface area contributed by atoms with Crippen LogP contribution in [0.5, 0.6) is 0 Å². The summed E-state index contributed by atoms with van der Waals surface area (Å²) in [6, 6.07) is 1.46. The van der Waals surface area contributed by atoms with Crippen molar-refractivity contribution in [3.8, 4) is 0 Å². The van der Waals surface area contributed by atoms with Crippen LogP contribution in [0.2, 0.25) is 0 Å². The summed E-state index contributed by atoms with van der Waals surface area (Å²) in [7, 11) is 2.11. The molecule has 0 aliphatic carbocycles. The first-order valence-corrected chi connectivity index (χ1v) is 6.14. The van der Waals surface area contributed by atoms with Gasteiger partial charge in [-0.2, -0.15) is 5.10 Å². The number of carboxylic acids is 1. The second-order valence-electron chi connectivity index (χ2n) is 4.75. The summed E-state index contributed by atoms with van der Waals surface area (Å²) in [6.45, 7) is 2.92. The quantitative estimate of drug-likeness (QED) is 0.827. The Balaban J connectivity index is 1.95. The predicted octanol–water partition coefficient (Wildman–Crippen LogP) is 0.928. The Hall–Kier alpha value is -1.69. The monoisotopic (exact) mass is 250 g/mol. The van der Waals surface area contributed by atoms with Crippen molar-refractivity contribution >= 4 is 11.8 Å². The van der Waals surface area contributed by atoms with E-state index in [9.17, 15) is 4.79 Å². The van der Waals surface area contributed by atoms with E-state index in [4.69, 9.17) is 5.11 Å². The minimum absolute atomic E-state index is 0.175. The molecule has 1 aliphatic rings. The Morgan fingerprint density at radius 2 is 2.50 bits per heavy atom. The number of aromatic carboxylic acids is 1. The summed E-state index contributed by atoms with van der Waals surface area (Å²) in [6.07, 6.45) is 3.75. The SMILES string of the molecule is CN1CCCC(CNc2nnccc2C(=O)O)C1. The smallest absolute Gasteiger partial charge is 0.339 e. The first kappa shape index (κ1) is 12.8. The van der Waals surface area contributed by atoms with Gasteiger partial charge in [0, 0.05) is 13.1 Å². The van der Waals surface area contributed by atoms with E-state index >= 15 is 0 Å². The van der Waals surface area contributed by atoms with Crippen LogP contribution in [-0.4, -0.2) is 52.9 Å². The molecule has 0 spiro atoms. The molecule has 0 saturated carbocycles. The zero-order chi connectivity index (χ0) is 13.0. The van der Waals surface area contributed by atoms with E-state index in [-0.39, 0.29) is 5.56 Å². The molecule has 2 heterocycles. The Kier molecular flexibility index (Phi) is 4.09. The van der Waals surface area contributed by atoms with Crippen molar-refractivity contribution in [1.82, 2.24) is 15.1 Å². The molecule has 2 rings (SSSR count). The molecule has 0 aromatic carbocycles. The van der Waals surface area contributed by atoms with Gasteiger partial charge in [-0.15, -0.1) is 5.10 Å². The molecule has 0 amide bonds. The molecule has 2 N–H and O–H groups in total. The highest BCUT2D eigenvalue weighted by Crippen LogP contribution is 2.17. The number of nitrogens with zero attached hydrogens (tertiary/aromatic N) is 3. The van der Waals surface area contributed by atoms with Gasteiger partial charge in [-0.05, 0) is 38.4 Å². The first-order valence-electron chi connectivity index (χ1n) is 6.14. The van der Waals surface area contributed by atoms with E-state index in [1.165, 1.54) is 25.1 Å². The summed E-state index contributed by atoms with van der Waals surface area (Å²) in [4.78, 5) is 13.3. The Morgan fingerprint density at radius 1 is 1.67 bits per heavy atom. The fraction of sp³-hybridized carbons (Fsp3) is 0.583. The van der Waals surface area contributed by atoms with Crippen LogP contribution in [0.3, 0.4) is 0 Å². The van der Waals surface area contributed by atoms with Crippen LogP contribution in [0.25, 0.3) is 0 Å². The minimum atomic E-state index is -0.979. The molecule has 0 bridgehead atoms. The molecule has 0 radical (unpaired) electrons. The maximum absolute atomic E-state index is 11.0. The third-order valence-electron chi connectivity index (χ3n) is 3.23. The van der Waals surface area contributed by atoms with Crippen molar-refractivity contribution in [2.45, 2.75) is 12.8 Å². The minimum Gasteiger partial charge on any atom is -0.478 e. The van der Waals surface area contributed by atoms with Gasteiger partial charge in [0.05, 0.1) is 6.20 Å². The van der Waals surface area contributed by atoms with Gasteiger partial charge >= 0.3 is 5.97 Å². The van der Waals surface area contributed by atoms with Gasteiger partial charge in [0.1, 0.15) is 5.56 Å². The summed E-state index contributed by atoms with van der Waals surface area (Å²) in [5.74, 6) is -0.0845. The van der Waals surface area contributed by atoms with Gasteiger partial charge in [-0.25, -0.2) is 4.79 Å². The van der Waals surface area contributed by atoms with Crippen molar-refractivity contribution < 1.29 is 9.90 Å². The van der Waals surface area contributed by atoms with Crippen LogP contribution in [0.15, 0.2) is 12.3 Å². The van der Waals surface area contributed by atoms with E-state index in [0.717, 1.165) is 19.6 Å². The van der Waals surface area contributed by atoms with Gasteiger partial charge in [-0.1, -0.05) is 0 Å². The fourth-order valence-electron chi connectivity index (χ4n) is 2.32. The van der Waals surface area contributed by atoms with Crippen LogP contribution in [-0.2, 0) is 0 Å². The Morgan fingerprint density at radius 3 is 3.22 bits per heavy atom. The number of likely N-dealkylation sites (tertiary alicyclic amines) is 1. The molecular weight excluding hydrogens is 232 g/mol. The number of hydrogen-bond donors (Lipinski definition) is 2. The van der Waals surface area contributed by atoms with Crippen molar-refractivity contribution in [3.63, 3.8) is 0 Å². The van der Waals surface area contributed by atoms with Crippen molar-refractivity contribution in [3.05, 3.63) is 17.8 Å². The molecular formula is C12H18N4O2. The summed E-state index contributed by atoms with van der Waals surface area (Å²) < 4.78 is 0. The molecule has 1 aromatic rings. The van der Waals surface area contributed by atoms with Gasteiger partial charge in [-0.3, -0.25) is 0 Å². The summed E-state index contributed by atoms with van der Waals surface area (Å²) in [5.41, 5.74) is 0.175. The number of carboxylic acid groups (broad SMARTS) is 1. The second-order valence-corrected chi connectivity index (χ2v) is 4.75. The number of anilines is 1. The molecule has 98 valence electrons. The molecule has 1 aromatic heterocycles. The largest absolute Gasteiger partial charge is 0.478 e. The highest BCUT2D eigenvalue weighted by Gasteiger charge is 2.18. The molecule has 18 heavy (non-hydrogen) atoms. The van der Waals surface area contributed by atoms with Gasteiger partial charge in [0.2, 0.25) is 0 Å². The number of carbonyl (C=O) groups is 1. The molecule has 1 unspecified atom stereocenters. The standard InChI is InChI=1S/C12H18N4O2/c1-16-6-2-3-9(8-16)7-13-11-10(12(17)18)4-5-14-15-11/h4-5,9H,2-3,6-8H2,1H3,(H,13,15)(H,17,18). The van der Waals surface area contributed by atoms with Crippen molar-refractivity contribution in [2.75, 3.05) is 32.0 Å². The maximum Gasteiger partial charge on any atom is 0.339 e. The van der Waals surface area contributed by atoms with Crippen LogP contribution in [0, 0.1) is 5.92 Å². The highest BCUT2D eigenvalue weighted by molar-refractivity contribution is 5.92. The third-order valence-corrected chi connectivity index (χ3v) is 3.23. The van der Waals surface area contributed by atoms with E-state index in [2.05, 4.69) is 27.5 Å². The van der Waals surface area contributed by atoms with Gasteiger partial charge in [0.25, 0.3) is 0 Å². The zero-order valence-electron chi connectivity index (χ0n) is 10.5. The molecule has 6 nitrogen and oxygen atoms in total. The molecule has 1 atom stereocenters. The van der Waals surface area contributed by atoms with Crippen molar-refractivity contribution in [2.24, 2.45) is 5.92 Å². The summed E-state index contributed by atoms with van der Waals surface area (Å²) in [5, 5.41) is 19.7. The number of nitrogens with one attached hydrogen (secondary N) is 1. The molecule has 6 heteroatoms. The lowest BCUT2D eigenvalue weighted by molar-refractivity contribution is 0.0697. The maximum atomic E-state index is 11.0. The van der Waals surface area contributed by atoms with E-state index < -0.39 is 5.97 Å². The topological polar surface area (TPSA) is 78.3 Å². The second kappa shape index (κ2) is 5.77. The third kappa shape index (κ3) is 3.16. The lowest BCUT2D eigenvalue weighted by Gasteiger charge is -2.29. The molecule has 1 saturated heterocycles. The zero-order valence-corrected chi connectivity index (χ0v) is 10.5. The van der Waals surface area contributed by atoms with E-state index in [1.807, 2.05) is 0 Å². The van der Waals surface area contributed by atoms with E-state index in [1.54, 1.807) is 0 Å². The normalized spacial score (nSPS) is 20.6. The Labute approximate surface area is 106 Å². The first-order chi connectivity index (χ1) is 8.66. The number of aromatic nitrogens is 2. The number of hydrogen-bond acceptors (Lipinski definition) is 5. The van der Waals surface area contributed by atoms with Gasteiger partial charge < -0.3 is 15.3 Å². The fourth-order valence-corrected chi connectivity index (χ4v) is 2.32. The van der Waals surface area contributed by atoms with E-state index in [0.29, 0.717) is 11.7 Å². The lowest BCUT2D eigenvalue weighted by atomic mass is 9.98. The Bertz CT molecular complexity index is 424. The number of piperidine rings is 1.